The van der Waals surface area contributed by atoms with Gasteiger partial charge in [-0.1, -0.05) is 42.8 Å². The summed E-state index contributed by atoms with van der Waals surface area (Å²) in [6.07, 6.45) is 4.34. The summed E-state index contributed by atoms with van der Waals surface area (Å²) >= 11 is 0. The van der Waals surface area contributed by atoms with Gasteiger partial charge in [0.15, 0.2) is 6.10 Å². The highest BCUT2D eigenvalue weighted by molar-refractivity contribution is 5.82. The molecule has 36 heavy (non-hydrogen) atoms. The first kappa shape index (κ1) is 24.2. The van der Waals surface area contributed by atoms with Crippen LogP contribution < -0.4 is 4.74 Å². The molecule has 0 spiro atoms. The molecule has 0 radical (unpaired) electrons. The van der Waals surface area contributed by atoms with Gasteiger partial charge in [0.25, 0.3) is 5.91 Å². The van der Waals surface area contributed by atoms with Gasteiger partial charge in [0, 0.05) is 19.5 Å². The van der Waals surface area contributed by atoms with E-state index in [9.17, 15) is 9.59 Å². The molecule has 0 saturated heterocycles. The average molecular weight is 487 g/mol. The Morgan fingerprint density at radius 1 is 1.14 bits per heavy atom. The van der Waals surface area contributed by atoms with Crippen LogP contribution in [0.25, 0.3) is 0 Å². The van der Waals surface area contributed by atoms with Crippen molar-refractivity contribution in [3.05, 3.63) is 88.9 Å². The third kappa shape index (κ3) is 5.03. The summed E-state index contributed by atoms with van der Waals surface area (Å²) in [5.74, 6) is 1.70. The van der Waals surface area contributed by atoms with Crippen LogP contribution in [-0.4, -0.2) is 41.3 Å². The van der Waals surface area contributed by atoms with Crippen LogP contribution in [-0.2, 0) is 22.6 Å². The van der Waals surface area contributed by atoms with E-state index in [1.807, 2.05) is 31.2 Å². The molecule has 2 atom stereocenters. The molecule has 0 N–H and O–H groups in total. The zero-order valence-electron chi connectivity index (χ0n) is 21.3. The van der Waals surface area contributed by atoms with Crippen molar-refractivity contribution in [1.29, 1.82) is 0 Å². The number of likely N-dealkylation sites (N-methyl/N-ethyl adjacent to an activating group) is 1. The van der Waals surface area contributed by atoms with Gasteiger partial charge in [-0.15, -0.1) is 0 Å². The molecule has 1 saturated carbocycles. The SMILES string of the molecule is CCC(Oc1ccc2c(c1)C(c1cccc(C)c1)N(C(=O)C1CC1)CC2)C(=O)N(C)Cc1ccco1. The molecular weight excluding hydrogens is 452 g/mol. The largest absolute Gasteiger partial charge is 0.481 e. The highest BCUT2D eigenvalue weighted by Gasteiger charge is 2.39. The Kier molecular flexibility index (Phi) is 6.86. The number of furan rings is 1. The molecule has 2 aliphatic rings. The number of hydrogen-bond donors (Lipinski definition) is 0. The maximum absolute atomic E-state index is 13.3. The zero-order chi connectivity index (χ0) is 25.2. The lowest BCUT2D eigenvalue weighted by atomic mass is 9.87. The molecular formula is C30H34N2O4. The minimum atomic E-state index is -0.603. The fourth-order valence-electron chi connectivity index (χ4n) is 5.10. The minimum Gasteiger partial charge on any atom is -0.481 e. The van der Waals surface area contributed by atoms with Crippen molar-refractivity contribution in [2.45, 2.75) is 58.2 Å². The number of amides is 2. The Bertz CT molecular complexity index is 1230. The maximum Gasteiger partial charge on any atom is 0.263 e. The van der Waals surface area contributed by atoms with Crippen molar-refractivity contribution in [3.8, 4) is 5.75 Å². The standard InChI is InChI=1S/C30H34N2O4/c1-4-27(30(34)31(3)19-25-9-6-16-35-25)36-24-13-12-21-14-15-32(29(33)22-10-11-22)28(26(21)18-24)23-8-5-7-20(2)17-23/h5-9,12-13,16-18,22,27-28H,4,10-11,14-15,19H2,1-3H3. The fraction of sp³-hybridized carbons (Fsp3) is 0.400. The highest BCUT2D eigenvalue weighted by Crippen LogP contribution is 2.41. The second-order valence-electron chi connectivity index (χ2n) is 10.0. The van der Waals surface area contributed by atoms with Crippen LogP contribution in [0.1, 0.15) is 60.2 Å². The summed E-state index contributed by atoms with van der Waals surface area (Å²) in [4.78, 5) is 30.1. The lowest BCUT2D eigenvalue weighted by Gasteiger charge is -2.38. The molecule has 2 heterocycles. The third-order valence-corrected chi connectivity index (χ3v) is 7.19. The van der Waals surface area contributed by atoms with Crippen LogP contribution in [0.4, 0.5) is 0 Å². The van der Waals surface area contributed by atoms with E-state index in [0.29, 0.717) is 18.7 Å². The molecule has 0 bridgehead atoms. The first-order valence-electron chi connectivity index (χ1n) is 12.9. The Morgan fingerprint density at radius 2 is 1.97 bits per heavy atom. The summed E-state index contributed by atoms with van der Waals surface area (Å²) in [5.41, 5.74) is 4.60. The van der Waals surface area contributed by atoms with E-state index in [1.54, 1.807) is 18.2 Å². The summed E-state index contributed by atoms with van der Waals surface area (Å²) in [6, 6.07) is 18.0. The van der Waals surface area contributed by atoms with Crippen molar-refractivity contribution in [3.63, 3.8) is 0 Å². The van der Waals surface area contributed by atoms with E-state index in [0.717, 1.165) is 42.7 Å². The van der Waals surface area contributed by atoms with Crippen molar-refractivity contribution in [2.24, 2.45) is 5.92 Å². The minimum absolute atomic E-state index is 0.0904. The predicted octanol–water partition coefficient (Wildman–Crippen LogP) is 5.29. The zero-order valence-corrected chi connectivity index (χ0v) is 21.3. The number of carbonyl (C=O) groups is 2. The molecule has 1 aliphatic carbocycles. The van der Waals surface area contributed by atoms with Crippen molar-refractivity contribution < 1.29 is 18.7 Å². The van der Waals surface area contributed by atoms with Gasteiger partial charge >= 0.3 is 0 Å². The van der Waals surface area contributed by atoms with Gasteiger partial charge in [0.05, 0.1) is 18.8 Å². The number of ether oxygens (including phenoxy) is 1. The van der Waals surface area contributed by atoms with E-state index in [-0.39, 0.29) is 23.8 Å². The molecule has 2 unspecified atom stereocenters. The molecule has 1 aliphatic heterocycles. The van der Waals surface area contributed by atoms with E-state index in [4.69, 9.17) is 9.15 Å². The van der Waals surface area contributed by atoms with Gasteiger partial charge in [-0.3, -0.25) is 9.59 Å². The second-order valence-corrected chi connectivity index (χ2v) is 10.0. The number of fused-ring (bicyclic) bond motifs is 1. The molecule has 6 heteroatoms. The van der Waals surface area contributed by atoms with E-state index < -0.39 is 6.10 Å². The lowest BCUT2D eigenvalue weighted by Crippen LogP contribution is -2.41. The Hall–Kier alpha value is -3.54. The summed E-state index contributed by atoms with van der Waals surface area (Å²) in [5, 5.41) is 0. The Labute approximate surface area is 212 Å². The average Bonchev–Trinajstić information content (AvgIpc) is 3.62. The number of nitrogens with zero attached hydrogens (tertiary/aromatic N) is 2. The van der Waals surface area contributed by atoms with Gasteiger partial charge in [-0.25, -0.2) is 0 Å². The van der Waals surface area contributed by atoms with Crippen molar-refractivity contribution in [2.75, 3.05) is 13.6 Å². The summed E-state index contributed by atoms with van der Waals surface area (Å²) in [6.45, 7) is 5.14. The van der Waals surface area contributed by atoms with Gasteiger partial charge in [-0.2, -0.15) is 0 Å². The monoisotopic (exact) mass is 486 g/mol. The van der Waals surface area contributed by atoms with Crippen LogP contribution >= 0.6 is 0 Å². The molecule has 5 rings (SSSR count). The van der Waals surface area contributed by atoms with Crippen LogP contribution in [0.3, 0.4) is 0 Å². The lowest BCUT2D eigenvalue weighted by molar-refractivity contribution is -0.138. The second kappa shape index (κ2) is 10.2. The topological polar surface area (TPSA) is 63.0 Å². The van der Waals surface area contributed by atoms with Crippen LogP contribution in [0.15, 0.2) is 65.3 Å². The Balaban J connectivity index is 1.42. The van der Waals surface area contributed by atoms with Crippen molar-refractivity contribution >= 4 is 11.8 Å². The number of hydrogen-bond acceptors (Lipinski definition) is 4. The fourth-order valence-corrected chi connectivity index (χ4v) is 5.10. The van der Waals surface area contributed by atoms with E-state index in [2.05, 4.69) is 42.2 Å². The third-order valence-electron chi connectivity index (χ3n) is 7.19. The molecule has 1 fully saturated rings. The first-order valence-corrected chi connectivity index (χ1v) is 12.9. The number of aryl methyl sites for hydroxylation is 1. The molecule has 2 aromatic carbocycles. The highest BCUT2D eigenvalue weighted by atomic mass is 16.5. The Morgan fingerprint density at radius 3 is 2.67 bits per heavy atom. The maximum atomic E-state index is 13.3. The van der Waals surface area contributed by atoms with Gasteiger partial charge in [0.1, 0.15) is 11.5 Å². The normalized spacial score (nSPS) is 17.9. The van der Waals surface area contributed by atoms with Crippen LogP contribution in [0, 0.1) is 12.8 Å². The predicted molar refractivity (Wildman–Crippen MR) is 137 cm³/mol. The van der Waals surface area contributed by atoms with Crippen LogP contribution in [0.2, 0.25) is 0 Å². The first-order chi connectivity index (χ1) is 17.4. The molecule has 1 aromatic heterocycles. The number of carbonyl (C=O) groups excluding carboxylic acids is 2. The molecule has 6 nitrogen and oxygen atoms in total. The van der Waals surface area contributed by atoms with Crippen LogP contribution in [0.5, 0.6) is 5.75 Å². The van der Waals surface area contributed by atoms with Gasteiger partial charge < -0.3 is 19.0 Å². The summed E-state index contributed by atoms with van der Waals surface area (Å²) in [7, 11) is 1.76. The number of benzene rings is 2. The van der Waals surface area contributed by atoms with Gasteiger partial charge in [0.2, 0.25) is 5.91 Å². The van der Waals surface area contributed by atoms with Crippen molar-refractivity contribution in [1.82, 2.24) is 9.80 Å². The van der Waals surface area contributed by atoms with E-state index >= 15 is 0 Å². The number of rotatable bonds is 8. The smallest absolute Gasteiger partial charge is 0.263 e. The molecule has 3 aromatic rings. The molecule has 2 amide bonds. The quantitative estimate of drug-likeness (QED) is 0.434. The summed E-state index contributed by atoms with van der Waals surface area (Å²) < 4.78 is 11.7. The van der Waals surface area contributed by atoms with Gasteiger partial charge in [-0.05, 0) is 73.6 Å². The molecule has 188 valence electrons. The van der Waals surface area contributed by atoms with E-state index in [1.165, 1.54) is 11.1 Å².